The minimum Gasteiger partial charge on any atom is -0.490 e. The van der Waals surface area contributed by atoms with Crippen LogP contribution in [0.5, 0.6) is 5.75 Å². The van der Waals surface area contributed by atoms with Gasteiger partial charge in [-0.1, -0.05) is 11.6 Å². The number of carbonyl (C=O) groups is 1. The van der Waals surface area contributed by atoms with Crippen LogP contribution in [-0.2, 0) is 9.53 Å². The molecule has 0 N–H and O–H groups in total. The van der Waals surface area contributed by atoms with Gasteiger partial charge >= 0.3 is 5.97 Å². The lowest BCUT2D eigenvalue weighted by Gasteiger charge is -2.22. The molecular weight excluding hydrogens is 338 g/mol. The topological polar surface area (TPSA) is 48.4 Å². The Morgan fingerprint density at radius 2 is 2.00 bits per heavy atom. The van der Waals surface area contributed by atoms with Crippen LogP contribution in [0, 0.1) is 12.8 Å². The van der Waals surface area contributed by atoms with E-state index in [0.29, 0.717) is 11.4 Å². The van der Waals surface area contributed by atoms with Crippen LogP contribution in [-0.4, -0.2) is 22.7 Å². The summed E-state index contributed by atoms with van der Waals surface area (Å²) in [5.41, 5.74) is 1.39. The number of ether oxygens (including phenoxy) is 2. The minimum atomic E-state index is -0.450. The maximum absolute atomic E-state index is 12.2. The first-order valence-corrected chi connectivity index (χ1v) is 9.06. The molecule has 0 saturated heterocycles. The minimum absolute atomic E-state index is 0.0177. The Morgan fingerprint density at radius 3 is 2.72 bits per heavy atom. The van der Waals surface area contributed by atoms with Crippen LogP contribution >= 0.6 is 11.6 Å². The first-order chi connectivity index (χ1) is 11.7. The van der Waals surface area contributed by atoms with Gasteiger partial charge in [0.05, 0.1) is 22.6 Å². The fourth-order valence-corrected chi connectivity index (χ4v) is 3.60. The smallest absolute Gasteiger partial charge is 0.309 e. The number of halogens is 1. The molecule has 3 rings (SSSR count). The molecule has 0 amide bonds. The molecule has 1 aromatic heterocycles. The number of pyridine rings is 1. The van der Waals surface area contributed by atoms with Crippen LogP contribution in [0.15, 0.2) is 24.4 Å². The Morgan fingerprint density at radius 1 is 1.24 bits per heavy atom. The highest BCUT2D eigenvalue weighted by molar-refractivity contribution is 6.35. The van der Waals surface area contributed by atoms with Crippen molar-refractivity contribution in [2.24, 2.45) is 5.92 Å². The van der Waals surface area contributed by atoms with E-state index in [1.165, 1.54) is 0 Å². The van der Waals surface area contributed by atoms with E-state index in [1.807, 2.05) is 39.8 Å². The highest BCUT2D eigenvalue weighted by atomic mass is 35.5. The van der Waals surface area contributed by atoms with Crippen molar-refractivity contribution in [3.05, 3.63) is 35.0 Å². The van der Waals surface area contributed by atoms with Crippen molar-refractivity contribution in [3.63, 3.8) is 0 Å². The molecule has 1 aliphatic rings. The fraction of sp³-hybridized carbons (Fsp3) is 0.500. The summed E-state index contributed by atoms with van der Waals surface area (Å²) in [7, 11) is 0. The van der Waals surface area contributed by atoms with Gasteiger partial charge < -0.3 is 9.47 Å². The molecule has 1 aromatic carbocycles. The van der Waals surface area contributed by atoms with Gasteiger partial charge in [0.25, 0.3) is 0 Å². The number of carbonyl (C=O) groups excluding carboxylic acids is 1. The van der Waals surface area contributed by atoms with Crippen LogP contribution in [0.1, 0.15) is 45.6 Å². The average molecular weight is 362 g/mol. The van der Waals surface area contributed by atoms with Gasteiger partial charge in [0.1, 0.15) is 11.4 Å². The molecule has 1 saturated carbocycles. The molecule has 1 heterocycles. The van der Waals surface area contributed by atoms with Crippen LogP contribution in [0.4, 0.5) is 0 Å². The van der Waals surface area contributed by atoms with Crippen LogP contribution in [0.3, 0.4) is 0 Å². The van der Waals surface area contributed by atoms with Crippen molar-refractivity contribution in [3.8, 4) is 5.75 Å². The van der Waals surface area contributed by atoms with E-state index >= 15 is 0 Å². The Hall–Kier alpha value is -1.81. The first-order valence-electron chi connectivity index (χ1n) is 8.68. The van der Waals surface area contributed by atoms with Gasteiger partial charge in [-0.3, -0.25) is 9.78 Å². The van der Waals surface area contributed by atoms with Gasteiger partial charge in [0, 0.05) is 17.1 Å². The number of aryl methyl sites for hydroxylation is 1. The highest BCUT2D eigenvalue weighted by Crippen LogP contribution is 2.35. The monoisotopic (exact) mass is 361 g/mol. The van der Waals surface area contributed by atoms with E-state index in [4.69, 9.17) is 21.1 Å². The molecule has 0 radical (unpaired) electrons. The maximum atomic E-state index is 12.2. The Kier molecular flexibility index (Phi) is 4.92. The lowest BCUT2D eigenvalue weighted by Crippen LogP contribution is -2.28. The molecule has 5 heteroatoms. The predicted octanol–water partition coefficient (Wildman–Crippen LogP) is 5.09. The summed E-state index contributed by atoms with van der Waals surface area (Å²) in [4.78, 5) is 16.6. The quantitative estimate of drug-likeness (QED) is 0.715. The highest BCUT2D eigenvalue weighted by Gasteiger charge is 2.34. The van der Waals surface area contributed by atoms with Crippen molar-refractivity contribution in [2.45, 2.75) is 58.7 Å². The SMILES string of the molecule is Cc1c(O[C@H]2CCC(C(=O)OC(C)(C)C)C2)ccc2nccc(Cl)c12. The Bertz CT molecular complexity index is 797. The zero-order valence-electron chi connectivity index (χ0n) is 15.1. The van der Waals surface area contributed by atoms with E-state index in [0.717, 1.165) is 35.1 Å². The van der Waals surface area contributed by atoms with E-state index < -0.39 is 5.60 Å². The van der Waals surface area contributed by atoms with Crippen molar-refractivity contribution in [2.75, 3.05) is 0 Å². The summed E-state index contributed by atoms with van der Waals surface area (Å²) in [6.07, 6.45) is 4.06. The van der Waals surface area contributed by atoms with E-state index in [-0.39, 0.29) is 18.0 Å². The second-order valence-corrected chi connectivity index (χ2v) is 8.07. The van der Waals surface area contributed by atoms with E-state index in [9.17, 15) is 4.79 Å². The number of nitrogens with zero attached hydrogens (tertiary/aromatic N) is 1. The second kappa shape index (κ2) is 6.83. The largest absolute Gasteiger partial charge is 0.490 e. The number of esters is 1. The number of benzene rings is 1. The third-order valence-electron chi connectivity index (χ3n) is 4.48. The van der Waals surface area contributed by atoms with Gasteiger partial charge in [0.2, 0.25) is 0 Å². The molecule has 1 unspecified atom stereocenters. The summed E-state index contributed by atoms with van der Waals surface area (Å²) in [6, 6.07) is 5.64. The third-order valence-corrected chi connectivity index (χ3v) is 4.80. The molecular formula is C20H24ClNO3. The van der Waals surface area contributed by atoms with Gasteiger partial charge in [-0.15, -0.1) is 0 Å². The number of hydrogen-bond donors (Lipinski definition) is 0. The summed E-state index contributed by atoms with van der Waals surface area (Å²) >= 11 is 6.32. The molecule has 25 heavy (non-hydrogen) atoms. The van der Waals surface area contributed by atoms with Crippen LogP contribution < -0.4 is 4.74 Å². The van der Waals surface area contributed by atoms with Gasteiger partial charge in [-0.25, -0.2) is 0 Å². The number of fused-ring (bicyclic) bond motifs is 1. The summed E-state index contributed by atoms with van der Waals surface area (Å²) in [5, 5.41) is 1.59. The van der Waals surface area contributed by atoms with Crippen molar-refractivity contribution in [1.82, 2.24) is 4.98 Å². The molecule has 4 nitrogen and oxygen atoms in total. The van der Waals surface area contributed by atoms with Gasteiger partial charge in [-0.05, 0) is 65.2 Å². The summed E-state index contributed by atoms with van der Waals surface area (Å²) in [5.74, 6) is 0.591. The van der Waals surface area contributed by atoms with Crippen molar-refractivity contribution >= 4 is 28.5 Å². The van der Waals surface area contributed by atoms with Gasteiger partial charge in [-0.2, -0.15) is 0 Å². The van der Waals surface area contributed by atoms with Crippen LogP contribution in [0.25, 0.3) is 10.9 Å². The molecule has 134 valence electrons. The molecule has 1 aliphatic carbocycles. The van der Waals surface area contributed by atoms with Crippen LogP contribution in [0.2, 0.25) is 5.02 Å². The van der Waals surface area contributed by atoms with Crippen molar-refractivity contribution < 1.29 is 14.3 Å². The number of rotatable bonds is 3. The van der Waals surface area contributed by atoms with Crippen molar-refractivity contribution in [1.29, 1.82) is 0 Å². The summed E-state index contributed by atoms with van der Waals surface area (Å²) < 4.78 is 11.7. The fourth-order valence-electron chi connectivity index (χ4n) is 3.31. The zero-order valence-corrected chi connectivity index (χ0v) is 15.9. The number of aromatic nitrogens is 1. The molecule has 0 aliphatic heterocycles. The summed E-state index contributed by atoms with van der Waals surface area (Å²) in [6.45, 7) is 7.67. The molecule has 2 aromatic rings. The second-order valence-electron chi connectivity index (χ2n) is 7.66. The lowest BCUT2D eigenvalue weighted by atomic mass is 10.1. The predicted molar refractivity (Wildman–Crippen MR) is 99.1 cm³/mol. The molecule has 0 spiro atoms. The standard InChI is InChI=1S/C20H24ClNO3/c1-12-17(8-7-16-18(12)15(21)9-10-22-16)24-14-6-5-13(11-14)19(23)25-20(2,3)4/h7-10,13-14H,5-6,11H2,1-4H3/t13?,14-/m0/s1. The third kappa shape index (κ3) is 4.06. The van der Waals surface area contributed by atoms with E-state index in [2.05, 4.69) is 4.98 Å². The normalized spacial score (nSPS) is 20.7. The first kappa shape index (κ1) is 18.0. The molecule has 1 fully saturated rings. The van der Waals surface area contributed by atoms with Gasteiger partial charge in [0.15, 0.2) is 0 Å². The lowest BCUT2D eigenvalue weighted by molar-refractivity contribution is -0.159. The zero-order chi connectivity index (χ0) is 18.2. The van der Waals surface area contributed by atoms with E-state index in [1.54, 1.807) is 12.3 Å². The number of hydrogen-bond acceptors (Lipinski definition) is 4. The average Bonchev–Trinajstić information content (AvgIpc) is 2.97. The Labute approximate surface area is 153 Å². The molecule has 0 bridgehead atoms. The maximum Gasteiger partial charge on any atom is 0.309 e. The Balaban J connectivity index is 1.72. The molecule has 2 atom stereocenters.